The number of hydrogen-bond donors (Lipinski definition) is 2. The van der Waals surface area contributed by atoms with Gasteiger partial charge >= 0.3 is 0 Å². The standard InChI is InChI=1S/C25H28ClN7O2/c1-14(20-7-6-8-21(30-20)32(4)5)29-23(34)15(2)33-13-17-10-9-16(11-18(17)24(33)35)22-19(26)12-28-25(27-3)31-22/h6-12,14-15H,13H2,1-5H3,(H,29,34)(H,27,28,31). The minimum atomic E-state index is -0.656. The fourth-order valence-electron chi connectivity index (χ4n) is 3.95. The number of benzene rings is 1. The van der Waals surface area contributed by atoms with Gasteiger partial charge in [0, 0.05) is 38.8 Å². The first-order valence-electron chi connectivity index (χ1n) is 11.3. The van der Waals surface area contributed by atoms with E-state index in [1.54, 1.807) is 24.9 Å². The maximum Gasteiger partial charge on any atom is 0.255 e. The molecule has 0 aliphatic carbocycles. The monoisotopic (exact) mass is 493 g/mol. The van der Waals surface area contributed by atoms with Crippen LogP contribution in [-0.4, -0.2) is 58.9 Å². The quantitative estimate of drug-likeness (QED) is 0.519. The van der Waals surface area contributed by atoms with Crippen molar-refractivity contribution in [2.45, 2.75) is 32.5 Å². The second-order valence-electron chi connectivity index (χ2n) is 8.67. The first kappa shape index (κ1) is 24.4. The van der Waals surface area contributed by atoms with Gasteiger partial charge in [0.25, 0.3) is 5.91 Å². The van der Waals surface area contributed by atoms with Crippen LogP contribution in [-0.2, 0) is 11.3 Å². The molecule has 0 fully saturated rings. The number of carbonyl (C=O) groups excluding carboxylic acids is 2. The first-order chi connectivity index (χ1) is 16.7. The normalized spacial score (nSPS) is 14.3. The second-order valence-corrected chi connectivity index (χ2v) is 9.07. The third-order valence-electron chi connectivity index (χ3n) is 6.05. The summed E-state index contributed by atoms with van der Waals surface area (Å²) in [6.45, 7) is 3.96. The highest BCUT2D eigenvalue weighted by Gasteiger charge is 2.34. The third-order valence-corrected chi connectivity index (χ3v) is 6.32. The zero-order chi connectivity index (χ0) is 25.3. The summed E-state index contributed by atoms with van der Waals surface area (Å²) >= 11 is 6.31. The molecule has 1 aliphatic heterocycles. The van der Waals surface area contributed by atoms with E-state index in [1.165, 1.54) is 6.20 Å². The lowest BCUT2D eigenvalue weighted by Crippen LogP contribution is -2.46. The summed E-state index contributed by atoms with van der Waals surface area (Å²) < 4.78 is 0. The van der Waals surface area contributed by atoms with Crippen LogP contribution in [0.5, 0.6) is 0 Å². The number of pyridine rings is 1. The fraction of sp³-hybridized carbons (Fsp3) is 0.320. The molecule has 2 amide bonds. The molecule has 2 aromatic heterocycles. The van der Waals surface area contributed by atoms with Crippen LogP contribution in [0.2, 0.25) is 5.02 Å². The van der Waals surface area contributed by atoms with E-state index in [2.05, 4.69) is 25.6 Å². The van der Waals surface area contributed by atoms with Crippen molar-refractivity contribution < 1.29 is 9.59 Å². The van der Waals surface area contributed by atoms with Crippen molar-refractivity contribution in [1.29, 1.82) is 0 Å². The lowest BCUT2D eigenvalue weighted by Gasteiger charge is -2.25. The first-order valence-corrected chi connectivity index (χ1v) is 11.7. The van der Waals surface area contributed by atoms with Crippen LogP contribution in [0.3, 0.4) is 0 Å². The molecular weight excluding hydrogens is 466 g/mol. The van der Waals surface area contributed by atoms with Crippen molar-refractivity contribution in [3.05, 3.63) is 64.4 Å². The molecule has 2 unspecified atom stereocenters. The molecule has 0 saturated carbocycles. The number of nitrogens with zero attached hydrogens (tertiary/aromatic N) is 5. The van der Waals surface area contributed by atoms with Crippen molar-refractivity contribution in [3.8, 4) is 11.3 Å². The Hall–Kier alpha value is -3.72. The minimum absolute atomic E-state index is 0.205. The van der Waals surface area contributed by atoms with Crippen LogP contribution in [0.25, 0.3) is 11.3 Å². The summed E-state index contributed by atoms with van der Waals surface area (Å²) in [5.41, 5.74) is 3.38. The summed E-state index contributed by atoms with van der Waals surface area (Å²) in [4.78, 5) is 42.9. The SMILES string of the molecule is CNc1ncc(Cl)c(-c2ccc3c(c2)C(=O)N(C(C)C(=O)NC(C)c2cccc(N(C)C)n2)C3)n1. The lowest BCUT2D eigenvalue weighted by molar-refractivity contribution is -0.125. The van der Waals surface area contributed by atoms with Gasteiger partial charge in [-0.05, 0) is 37.6 Å². The second kappa shape index (κ2) is 9.87. The number of anilines is 2. The largest absolute Gasteiger partial charge is 0.363 e. The van der Waals surface area contributed by atoms with E-state index in [0.29, 0.717) is 34.3 Å². The Morgan fingerprint density at radius 1 is 1.17 bits per heavy atom. The number of aromatic nitrogens is 3. The van der Waals surface area contributed by atoms with Crippen LogP contribution >= 0.6 is 11.6 Å². The van der Waals surface area contributed by atoms with E-state index in [4.69, 9.17) is 11.6 Å². The smallest absolute Gasteiger partial charge is 0.255 e. The zero-order valence-electron chi connectivity index (χ0n) is 20.3. The maximum absolute atomic E-state index is 13.3. The Kier molecular flexibility index (Phi) is 6.88. The molecule has 35 heavy (non-hydrogen) atoms. The molecule has 0 saturated heterocycles. The average molecular weight is 494 g/mol. The molecule has 0 bridgehead atoms. The van der Waals surface area contributed by atoms with E-state index in [1.807, 2.05) is 56.3 Å². The van der Waals surface area contributed by atoms with Crippen LogP contribution in [0, 0.1) is 0 Å². The summed E-state index contributed by atoms with van der Waals surface area (Å²) in [7, 11) is 5.55. The van der Waals surface area contributed by atoms with Gasteiger partial charge in [0.15, 0.2) is 0 Å². The number of rotatable bonds is 7. The van der Waals surface area contributed by atoms with E-state index in [-0.39, 0.29) is 17.9 Å². The number of fused-ring (bicyclic) bond motifs is 1. The lowest BCUT2D eigenvalue weighted by atomic mass is 10.0. The number of nitrogens with one attached hydrogen (secondary N) is 2. The van der Waals surface area contributed by atoms with Crippen molar-refractivity contribution in [2.75, 3.05) is 31.4 Å². The predicted octanol–water partition coefficient (Wildman–Crippen LogP) is 3.52. The Morgan fingerprint density at radius 2 is 1.94 bits per heavy atom. The van der Waals surface area contributed by atoms with Gasteiger partial charge in [-0.1, -0.05) is 29.8 Å². The Balaban J connectivity index is 1.50. The molecule has 4 rings (SSSR count). The molecule has 10 heteroatoms. The average Bonchev–Trinajstić information content (AvgIpc) is 3.19. The minimum Gasteiger partial charge on any atom is -0.363 e. The third kappa shape index (κ3) is 4.90. The van der Waals surface area contributed by atoms with Crippen molar-refractivity contribution in [1.82, 2.24) is 25.2 Å². The van der Waals surface area contributed by atoms with E-state index in [0.717, 1.165) is 17.1 Å². The van der Waals surface area contributed by atoms with Crippen LogP contribution < -0.4 is 15.5 Å². The molecule has 2 atom stereocenters. The maximum atomic E-state index is 13.3. The fourth-order valence-corrected chi connectivity index (χ4v) is 4.15. The molecule has 3 heterocycles. The van der Waals surface area contributed by atoms with Crippen molar-refractivity contribution in [3.63, 3.8) is 0 Å². The molecule has 1 aliphatic rings. The molecule has 9 nitrogen and oxygen atoms in total. The molecule has 2 N–H and O–H groups in total. The number of halogens is 1. The highest BCUT2D eigenvalue weighted by atomic mass is 35.5. The predicted molar refractivity (Wildman–Crippen MR) is 136 cm³/mol. The van der Waals surface area contributed by atoms with E-state index in [9.17, 15) is 9.59 Å². The molecule has 0 spiro atoms. The van der Waals surface area contributed by atoms with Gasteiger partial charge in [0.05, 0.1) is 28.6 Å². The van der Waals surface area contributed by atoms with Crippen molar-refractivity contribution in [2.24, 2.45) is 0 Å². The van der Waals surface area contributed by atoms with Gasteiger partial charge < -0.3 is 20.4 Å². The molecule has 0 radical (unpaired) electrons. The van der Waals surface area contributed by atoms with Crippen LogP contribution in [0.15, 0.2) is 42.6 Å². The van der Waals surface area contributed by atoms with Gasteiger partial charge in [0.1, 0.15) is 11.9 Å². The van der Waals surface area contributed by atoms with E-state index < -0.39 is 6.04 Å². The van der Waals surface area contributed by atoms with Gasteiger partial charge in [-0.3, -0.25) is 9.59 Å². The summed E-state index contributed by atoms with van der Waals surface area (Å²) in [6, 6.07) is 10.3. The highest BCUT2D eigenvalue weighted by Crippen LogP contribution is 2.32. The number of amides is 2. The van der Waals surface area contributed by atoms with Gasteiger partial charge in [-0.2, -0.15) is 0 Å². The summed E-state index contributed by atoms with van der Waals surface area (Å²) in [6.07, 6.45) is 1.52. The molecule has 182 valence electrons. The topological polar surface area (TPSA) is 103 Å². The highest BCUT2D eigenvalue weighted by molar-refractivity contribution is 6.33. The van der Waals surface area contributed by atoms with Gasteiger partial charge in [-0.15, -0.1) is 0 Å². The molecule has 1 aromatic carbocycles. The Bertz CT molecular complexity index is 1280. The zero-order valence-corrected chi connectivity index (χ0v) is 21.1. The Labute approximate surface area is 209 Å². The van der Waals surface area contributed by atoms with Crippen LogP contribution in [0.1, 0.15) is 41.5 Å². The van der Waals surface area contributed by atoms with Crippen molar-refractivity contribution >= 4 is 35.2 Å². The molecule has 3 aromatic rings. The van der Waals surface area contributed by atoms with Gasteiger partial charge in [-0.25, -0.2) is 15.0 Å². The summed E-state index contributed by atoms with van der Waals surface area (Å²) in [5.74, 6) is 0.795. The summed E-state index contributed by atoms with van der Waals surface area (Å²) in [5, 5.41) is 6.27. The Morgan fingerprint density at radius 3 is 2.66 bits per heavy atom. The van der Waals surface area contributed by atoms with Crippen LogP contribution in [0.4, 0.5) is 11.8 Å². The number of hydrogen-bond acceptors (Lipinski definition) is 7. The van der Waals surface area contributed by atoms with E-state index >= 15 is 0 Å². The molecular formula is C25H28ClN7O2. The number of carbonyl (C=O) groups is 2. The van der Waals surface area contributed by atoms with Gasteiger partial charge in [0.2, 0.25) is 11.9 Å².